The fraction of sp³-hybridized carbons (Fsp3) is 0.632. The molecule has 0 aliphatic carbocycles. The van der Waals surface area contributed by atoms with Crippen LogP contribution >= 0.6 is 0 Å². The molecule has 0 radical (unpaired) electrons. The molecule has 2 heterocycles. The minimum atomic E-state index is -0.426. The van der Waals surface area contributed by atoms with Crippen molar-refractivity contribution in [2.75, 3.05) is 13.2 Å². The van der Waals surface area contributed by atoms with E-state index in [4.69, 9.17) is 13.9 Å². The van der Waals surface area contributed by atoms with Crippen molar-refractivity contribution in [2.45, 2.75) is 65.5 Å². The number of hydrogen-bond donors (Lipinski definition) is 0. The summed E-state index contributed by atoms with van der Waals surface area (Å²) in [5, 5.41) is 0.786. The van der Waals surface area contributed by atoms with Gasteiger partial charge in [-0.1, -0.05) is 39.0 Å². The number of aromatic nitrogens is 2. The number of nitrogens with zero attached hydrogens (tertiary/aromatic N) is 2. The summed E-state index contributed by atoms with van der Waals surface area (Å²) in [4.78, 5) is 26.6. The Morgan fingerprint density at radius 3 is 2.73 bits per heavy atom. The van der Waals surface area contributed by atoms with Crippen LogP contribution in [-0.4, -0.2) is 28.7 Å². The molecule has 2 rings (SSSR count). The first-order valence-electron chi connectivity index (χ1n) is 9.31. The Morgan fingerprint density at radius 2 is 1.96 bits per heavy atom. The van der Waals surface area contributed by atoms with E-state index in [2.05, 4.69) is 11.9 Å². The molecular formula is C19H28N2O5. The van der Waals surface area contributed by atoms with Gasteiger partial charge >= 0.3 is 11.7 Å². The largest absolute Gasteiger partial charge is 0.463 e. The number of fused-ring (bicyclic) bond motifs is 1. The van der Waals surface area contributed by atoms with E-state index in [-0.39, 0.29) is 25.9 Å². The lowest BCUT2D eigenvalue weighted by Crippen LogP contribution is -2.24. The predicted molar refractivity (Wildman–Crippen MR) is 97.9 cm³/mol. The van der Waals surface area contributed by atoms with Gasteiger partial charge in [0.15, 0.2) is 0 Å². The average Bonchev–Trinajstić information content (AvgIpc) is 2.99. The molecule has 0 aromatic carbocycles. The Labute approximate surface area is 153 Å². The molecule has 0 saturated carbocycles. The van der Waals surface area contributed by atoms with Crippen molar-refractivity contribution in [2.24, 2.45) is 0 Å². The molecule has 0 atom stereocenters. The van der Waals surface area contributed by atoms with E-state index >= 15 is 0 Å². The van der Waals surface area contributed by atoms with Crippen molar-refractivity contribution >= 4 is 17.1 Å². The maximum Gasteiger partial charge on any atom is 0.352 e. The molecule has 7 heteroatoms. The molecule has 0 aliphatic heterocycles. The number of ether oxygens (including phenoxy) is 2. The summed E-state index contributed by atoms with van der Waals surface area (Å²) < 4.78 is 17.2. The molecule has 0 spiro atoms. The van der Waals surface area contributed by atoms with E-state index in [9.17, 15) is 9.59 Å². The third kappa shape index (κ3) is 6.63. The lowest BCUT2D eigenvalue weighted by atomic mass is 10.1. The maximum absolute atomic E-state index is 12.0. The van der Waals surface area contributed by atoms with Crippen LogP contribution in [0.5, 0.6) is 0 Å². The highest BCUT2D eigenvalue weighted by atomic mass is 16.6. The zero-order valence-corrected chi connectivity index (χ0v) is 15.7. The van der Waals surface area contributed by atoms with Crippen molar-refractivity contribution in [3.63, 3.8) is 0 Å². The van der Waals surface area contributed by atoms with Gasteiger partial charge in [0.25, 0.3) is 0 Å². The van der Waals surface area contributed by atoms with Crippen LogP contribution in [0.4, 0.5) is 0 Å². The van der Waals surface area contributed by atoms with Crippen LogP contribution in [0.25, 0.3) is 11.1 Å². The summed E-state index contributed by atoms with van der Waals surface area (Å²) in [6.45, 7) is 3.99. The second kappa shape index (κ2) is 10.8. The first kappa shape index (κ1) is 20.2. The van der Waals surface area contributed by atoms with Crippen LogP contribution in [-0.2, 0) is 27.4 Å². The number of hydrogen-bond acceptors (Lipinski definition) is 6. The topological polar surface area (TPSA) is 83.6 Å². The molecule has 0 unspecified atom stereocenters. The molecule has 0 bridgehead atoms. The zero-order chi connectivity index (χ0) is 18.8. The Hall–Kier alpha value is -2.15. The standard InChI is InChI=1S/C19H28N2O5/c1-3-4-5-6-7-8-9-17-12-16-13-21(19(23)20-18(16)26-17)14-24-10-11-25-15(2)22/h12-13H,3-11,14H2,1-2H3. The second-order valence-corrected chi connectivity index (χ2v) is 6.36. The van der Waals surface area contributed by atoms with Crippen LogP contribution in [0, 0.1) is 0 Å². The van der Waals surface area contributed by atoms with E-state index in [1.54, 1.807) is 6.20 Å². The summed E-state index contributed by atoms with van der Waals surface area (Å²) in [6, 6.07) is 1.93. The fourth-order valence-electron chi connectivity index (χ4n) is 2.70. The van der Waals surface area contributed by atoms with Crippen molar-refractivity contribution < 1.29 is 18.7 Å². The average molecular weight is 364 g/mol. The minimum absolute atomic E-state index is 0.0565. The highest BCUT2D eigenvalue weighted by Gasteiger charge is 2.08. The number of carbonyl (C=O) groups excluding carboxylic acids is 1. The number of esters is 1. The first-order valence-corrected chi connectivity index (χ1v) is 9.31. The van der Waals surface area contributed by atoms with Gasteiger partial charge in [0.05, 0.1) is 12.0 Å². The van der Waals surface area contributed by atoms with Crippen molar-refractivity contribution in [3.8, 4) is 0 Å². The second-order valence-electron chi connectivity index (χ2n) is 6.36. The van der Waals surface area contributed by atoms with Gasteiger partial charge in [0.1, 0.15) is 19.1 Å². The van der Waals surface area contributed by atoms with E-state index in [1.165, 1.54) is 43.6 Å². The first-order chi connectivity index (χ1) is 12.6. The van der Waals surface area contributed by atoms with Crippen molar-refractivity contribution in [1.29, 1.82) is 0 Å². The van der Waals surface area contributed by atoms with Gasteiger partial charge in [0, 0.05) is 19.5 Å². The Bertz CT molecular complexity index is 750. The van der Waals surface area contributed by atoms with Gasteiger partial charge in [-0.2, -0.15) is 4.98 Å². The number of carbonyl (C=O) groups is 1. The summed E-state index contributed by atoms with van der Waals surface area (Å²) in [5.41, 5.74) is -0.0578. The molecule has 0 fully saturated rings. The van der Waals surface area contributed by atoms with Gasteiger partial charge in [-0.05, 0) is 12.5 Å². The van der Waals surface area contributed by atoms with E-state index in [1.807, 2.05) is 6.07 Å². The lowest BCUT2D eigenvalue weighted by molar-refractivity contribution is -0.142. The molecule has 0 amide bonds. The molecular weight excluding hydrogens is 336 g/mol. The molecule has 7 nitrogen and oxygen atoms in total. The molecule has 2 aromatic rings. The van der Waals surface area contributed by atoms with Crippen LogP contribution in [0.15, 0.2) is 21.5 Å². The minimum Gasteiger partial charge on any atom is -0.463 e. The molecule has 0 N–H and O–H groups in total. The Balaban J connectivity index is 1.84. The summed E-state index contributed by atoms with van der Waals surface area (Å²) >= 11 is 0. The van der Waals surface area contributed by atoms with Gasteiger partial charge in [-0.15, -0.1) is 0 Å². The van der Waals surface area contributed by atoms with E-state index in [0.717, 1.165) is 24.0 Å². The molecule has 144 valence electrons. The quantitative estimate of drug-likeness (QED) is 0.424. The molecule has 0 aliphatic rings. The number of unbranched alkanes of at least 4 members (excludes halogenated alkanes) is 5. The Morgan fingerprint density at radius 1 is 1.19 bits per heavy atom. The highest BCUT2D eigenvalue weighted by Crippen LogP contribution is 2.18. The molecule has 0 saturated heterocycles. The third-order valence-electron chi connectivity index (χ3n) is 4.07. The number of furan rings is 1. The van der Waals surface area contributed by atoms with Crippen molar-refractivity contribution in [3.05, 3.63) is 28.5 Å². The SMILES string of the molecule is CCCCCCCCc1cc2cn(COCCOC(C)=O)c(=O)nc2o1. The van der Waals surface area contributed by atoms with E-state index < -0.39 is 5.69 Å². The predicted octanol–water partition coefficient (Wildman–Crippen LogP) is 3.43. The van der Waals surface area contributed by atoms with E-state index in [0.29, 0.717) is 5.71 Å². The lowest BCUT2D eigenvalue weighted by Gasteiger charge is -2.06. The highest BCUT2D eigenvalue weighted by molar-refractivity contribution is 5.72. The fourth-order valence-corrected chi connectivity index (χ4v) is 2.70. The van der Waals surface area contributed by atoms with Crippen molar-refractivity contribution in [1.82, 2.24) is 9.55 Å². The van der Waals surface area contributed by atoms with Crippen LogP contribution in [0.2, 0.25) is 0 Å². The number of rotatable bonds is 12. The van der Waals surface area contributed by atoms with Gasteiger partial charge < -0.3 is 13.9 Å². The molecule has 2 aromatic heterocycles. The van der Waals surface area contributed by atoms with Gasteiger partial charge in [-0.3, -0.25) is 9.36 Å². The third-order valence-corrected chi connectivity index (χ3v) is 4.07. The molecule has 26 heavy (non-hydrogen) atoms. The summed E-state index contributed by atoms with van der Waals surface area (Å²) in [5.74, 6) is 0.501. The van der Waals surface area contributed by atoms with Crippen LogP contribution < -0.4 is 5.69 Å². The zero-order valence-electron chi connectivity index (χ0n) is 15.7. The van der Waals surface area contributed by atoms with Crippen LogP contribution in [0.1, 0.15) is 58.1 Å². The van der Waals surface area contributed by atoms with Crippen LogP contribution in [0.3, 0.4) is 0 Å². The summed E-state index contributed by atoms with van der Waals surface area (Å²) in [6.07, 6.45) is 9.89. The smallest absolute Gasteiger partial charge is 0.352 e. The van der Waals surface area contributed by atoms with Gasteiger partial charge in [-0.25, -0.2) is 4.79 Å². The Kier molecular flexibility index (Phi) is 8.34. The maximum atomic E-state index is 12.0. The van der Waals surface area contributed by atoms with Gasteiger partial charge in [0.2, 0.25) is 5.71 Å². The monoisotopic (exact) mass is 364 g/mol. The summed E-state index contributed by atoms with van der Waals surface area (Å²) in [7, 11) is 0. The number of aryl methyl sites for hydroxylation is 1. The normalized spacial score (nSPS) is 11.2.